The maximum absolute atomic E-state index is 12.0. The molecule has 0 spiro atoms. The minimum Gasteiger partial charge on any atom is -0.313 e. The average Bonchev–Trinajstić information content (AvgIpc) is 2.78. The molecule has 112 valence electrons. The maximum Gasteiger partial charge on any atom is 0.368 e. The molecule has 2 fully saturated rings. The highest BCUT2D eigenvalue weighted by atomic mass is 35.5. The number of nitrogens with zero attached hydrogens (tertiary/aromatic N) is 2. The number of fused-ring (bicyclic) bond motifs is 2. The fraction of sp³-hybridized carbons (Fsp3) is 0.562. The summed E-state index contributed by atoms with van der Waals surface area (Å²) in [5.74, 6) is 0.0757. The van der Waals surface area contributed by atoms with Crippen molar-refractivity contribution in [3.8, 4) is 0 Å². The summed E-state index contributed by atoms with van der Waals surface area (Å²) >= 11 is 5.89. The first-order valence-electron chi connectivity index (χ1n) is 7.25. The highest BCUT2D eigenvalue weighted by Crippen LogP contribution is 2.63. The molecule has 1 aromatic rings. The molecule has 2 aliphatic carbocycles. The van der Waals surface area contributed by atoms with Crippen LogP contribution in [0.1, 0.15) is 50.4 Å². The number of carbonyl (C=O) groups is 1. The molecular formula is C16H19ClN2O2. The Bertz CT molecular complexity index is 626. The van der Waals surface area contributed by atoms with Crippen molar-refractivity contribution >= 4 is 23.3 Å². The van der Waals surface area contributed by atoms with E-state index in [-0.39, 0.29) is 21.5 Å². The van der Waals surface area contributed by atoms with Gasteiger partial charge in [-0.15, -0.1) is 0 Å². The van der Waals surface area contributed by atoms with Crippen LogP contribution in [0.5, 0.6) is 0 Å². The molecule has 2 saturated carbocycles. The Balaban J connectivity index is 1.79. The van der Waals surface area contributed by atoms with Gasteiger partial charge in [0.25, 0.3) is 0 Å². The van der Waals surface area contributed by atoms with Gasteiger partial charge in [0.15, 0.2) is 0 Å². The smallest absolute Gasteiger partial charge is 0.313 e. The molecule has 0 radical (unpaired) electrons. The Morgan fingerprint density at radius 2 is 2.24 bits per heavy atom. The fourth-order valence-corrected chi connectivity index (χ4v) is 3.95. The van der Waals surface area contributed by atoms with Crippen molar-refractivity contribution in [2.75, 3.05) is 0 Å². The van der Waals surface area contributed by atoms with Gasteiger partial charge in [-0.25, -0.2) is 9.78 Å². The van der Waals surface area contributed by atoms with Crippen LogP contribution in [0, 0.1) is 16.7 Å². The first kappa shape index (κ1) is 14.5. The van der Waals surface area contributed by atoms with Crippen molar-refractivity contribution in [2.24, 2.45) is 21.9 Å². The summed E-state index contributed by atoms with van der Waals surface area (Å²) in [5, 5.41) is 4.31. The molecule has 2 bridgehead atoms. The second kappa shape index (κ2) is 4.80. The lowest BCUT2D eigenvalue weighted by atomic mass is 9.70. The van der Waals surface area contributed by atoms with Crippen LogP contribution in [0.3, 0.4) is 0 Å². The molecule has 3 rings (SSSR count). The Hall–Kier alpha value is -1.42. The Labute approximate surface area is 129 Å². The van der Waals surface area contributed by atoms with E-state index in [0.717, 1.165) is 18.6 Å². The highest BCUT2D eigenvalue weighted by molar-refractivity contribution is 6.32. The minimum atomic E-state index is -0.551. The zero-order valence-electron chi connectivity index (χ0n) is 12.5. The lowest BCUT2D eigenvalue weighted by Crippen LogP contribution is -2.32. The molecular weight excluding hydrogens is 288 g/mol. The molecule has 0 aromatic carbocycles. The van der Waals surface area contributed by atoms with Crippen molar-refractivity contribution in [1.29, 1.82) is 0 Å². The molecule has 0 saturated heterocycles. The van der Waals surface area contributed by atoms with Crippen LogP contribution in [0.2, 0.25) is 5.15 Å². The second-order valence-electron chi connectivity index (χ2n) is 6.75. The molecule has 1 heterocycles. The molecule has 21 heavy (non-hydrogen) atoms. The normalized spacial score (nSPS) is 31.6. The Morgan fingerprint density at radius 3 is 2.81 bits per heavy atom. The monoisotopic (exact) mass is 306 g/mol. The predicted molar refractivity (Wildman–Crippen MR) is 81.3 cm³/mol. The van der Waals surface area contributed by atoms with Gasteiger partial charge < -0.3 is 4.84 Å². The van der Waals surface area contributed by atoms with E-state index in [1.807, 2.05) is 0 Å². The van der Waals surface area contributed by atoms with Crippen LogP contribution < -0.4 is 0 Å². The summed E-state index contributed by atoms with van der Waals surface area (Å²) in [6.07, 6.45) is 4.78. The first-order valence-corrected chi connectivity index (χ1v) is 7.63. The van der Waals surface area contributed by atoms with E-state index in [0.29, 0.717) is 5.92 Å². The highest BCUT2D eigenvalue weighted by Gasteiger charge is 2.60. The van der Waals surface area contributed by atoms with Crippen LogP contribution in [-0.4, -0.2) is 16.7 Å². The fourth-order valence-electron chi connectivity index (χ4n) is 3.75. The van der Waals surface area contributed by atoms with Crippen LogP contribution >= 0.6 is 11.6 Å². The van der Waals surface area contributed by atoms with Crippen molar-refractivity contribution in [2.45, 2.75) is 40.0 Å². The second-order valence-corrected chi connectivity index (χ2v) is 7.11. The van der Waals surface area contributed by atoms with Crippen LogP contribution in [0.25, 0.3) is 0 Å². The molecule has 4 nitrogen and oxygen atoms in total. The average molecular weight is 307 g/mol. The number of aromatic nitrogens is 1. The van der Waals surface area contributed by atoms with Gasteiger partial charge in [0, 0.05) is 11.6 Å². The minimum absolute atomic E-state index is 0.0245. The molecule has 0 aliphatic heterocycles. The number of rotatable bonds is 2. The SMILES string of the molecule is CC12CCC(C/C1=N/OC(=O)c1cccnc1Cl)C2(C)C. The van der Waals surface area contributed by atoms with Gasteiger partial charge in [-0.05, 0) is 42.7 Å². The number of halogens is 1. The molecule has 1 aromatic heterocycles. The summed E-state index contributed by atoms with van der Waals surface area (Å²) in [6.45, 7) is 6.80. The van der Waals surface area contributed by atoms with Gasteiger partial charge >= 0.3 is 5.97 Å². The van der Waals surface area contributed by atoms with Gasteiger partial charge in [0.2, 0.25) is 0 Å². The third kappa shape index (κ3) is 2.08. The van der Waals surface area contributed by atoms with E-state index in [1.54, 1.807) is 12.1 Å². The number of carbonyl (C=O) groups excluding carboxylic acids is 1. The van der Waals surface area contributed by atoms with E-state index in [4.69, 9.17) is 16.4 Å². The summed E-state index contributed by atoms with van der Waals surface area (Å²) < 4.78 is 0. The topological polar surface area (TPSA) is 51.5 Å². The number of oxime groups is 1. The third-order valence-electron chi connectivity index (χ3n) is 5.73. The van der Waals surface area contributed by atoms with Gasteiger partial charge in [0.05, 0.1) is 11.3 Å². The Morgan fingerprint density at radius 1 is 1.48 bits per heavy atom. The van der Waals surface area contributed by atoms with Gasteiger partial charge in [-0.1, -0.05) is 37.5 Å². The summed E-state index contributed by atoms with van der Waals surface area (Å²) in [7, 11) is 0. The van der Waals surface area contributed by atoms with Gasteiger partial charge in [-0.2, -0.15) is 0 Å². The van der Waals surface area contributed by atoms with E-state index in [1.165, 1.54) is 12.6 Å². The molecule has 5 heteroatoms. The van der Waals surface area contributed by atoms with Gasteiger partial charge in [-0.3, -0.25) is 0 Å². The molecule has 0 N–H and O–H groups in total. The Kier molecular flexibility index (Phi) is 3.32. The van der Waals surface area contributed by atoms with E-state index >= 15 is 0 Å². The van der Waals surface area contributed by atoms with Crippen LogP contribution in [-0.2, 0) is 4.84 Å². The van der Waals surface area contributed by atoms with Crippen molar-refractivity contribution in [1.82, 2.24) is 4.98 Å². The third-order valence-corrected chi connectivity index (χ3v) is 6.03. The number of pyridine rings is 1. The predicted octanol–water partition coefficient (Wildman–Crippen LogP) is 4.09. The standard InChI is InChI=1S/C16H19ClN2O2/c1-15(2)10-6-7-16(15,3)12(9-10)19-21-14(20)11-5-4-8-18-13(11)17/h4-5,8,10H,6-7,9H2,1-3H3/b19-12-. The van der Waals surface area contributed by atoms with E-state index in [2.05, 4.69) is 30.9 Å². The molecule has 2 aliphatic rings. The van der Waals surface area contributed by atoms with Crippen LogP contribution in [0.15, 0.2) is 23.5 Å². The maximum atomic E-state index is 12.0. The van der Waals surface area contributed by atoms with Crippen molar-refractivity contribution in [3.63, 3.8) is 0 Å². The number of hydrogen-bond acceptors (Lipinski definition) is 4. The molecule has 2 unspecified atom stereocenters. The largest absolute Gasteiger partial charge is 0.368 e. The summed E-state index contributed by atoms with van der Waals surface area (Å²) in [6, 6.07) is 3.24. The van der Waals surface area contributed by atoms with Crippen LogP contribution in [0.4, 0.5) is 0 Å². The summed E-state index contributed by atoms with van der Waals surface area (Å²) in [5.41, 5.74) is 1.48. The first-order chi connectivity index (χ1) is 9.86. The lowest BCUT2D eigenvalue weighted by Gasteiger charge is -2.34. The zero-order valence-corrected chi connectivity index (χ0v) is 13.3. The molecule has 2 atom stereocenters. The van der Waals surface area contributed by atoms with E-state index in [9.17, 15) is 4.79 Å². The number of hydrogen-bond donors (Lipinski definition) is 0. The zero-order chi connectivity index (χ0) is 15.3. The lowest BCUT2D eigenvalue weighted by molar-refractivity contribution is 0.0508. The quantitative estimate of drug-likeness (QED) is 0.470. The van der Waals surface area contributed by atoms with Gasteiger partial charge in [0.1, 0.15) is 5.15 Å². The van der Waals surface area contributed by atoms with E-state index < -0.39 is 5.97 Å². The summed E-state index contributed by atoms with van der Waals surface area (Å²) in [4.78, 5) is 21.0. The van der Waals surface area contributed by atoms with Crippen molar-refractivity contribution < 1.29 is 9.63 Å². The van der Waals surface area contributed by atoms with Crippen molar-refractivity contribution in [3.05, 3.63) is 29.0 Å². The molecule has 0 amide bonds.